The third-order valence-electron chi connectivity index (χ3n) is 2.94. The fourth-order valence-corrected chi connectivity index (χ4v) is 2.62. The summed E-state index contributed by atoms with van der Waals surface area (Å²) < 4.78 is 2.04. The van der Waals surface area contributed by atoms with Crippen LogP contribution in [0.4, 0.5) is 5.95 Å². The monoisotopic (exact) mass is 251 g/mol. The molecule has 0 aliphatic heterocycles. The lowest BCUT2D eigenvalue weighted by Gasteiger charge is -2.18. The largest absolute Gasteiger partial charge is 0.369 e. The number of rotatable bonds is 3. The maximum Gasteiger partial charge on any atom is 0.201 e. The second-order valence-electron chi connectivity index (χ2n) is 4.93. The molecule has 3 nitrogen and oxygen atoms in total. The molecule has 1 unspecified atom stereocenters. The Labute approximate surface area is 107 Å². The molecule has 0 radical (unpaired) electrons. The highest BCUT2D eigenvalue weighted by molar-refractivity contribution is 6.35. The number of nitrogens with two attached hydrogens (primary N) is 1. The van der Waals surface area contributed by atoms with Crippen molar-refractivity contribution < 1.29 is 0 Å². The van der Waals surface area contributed by atoms with Gasteiger partial charge in [-0.15, -0.1) is 0 Å². The smallest absolute Gasteiger partial charge is 0.201 e. The average molecular weight is 252 g/mol. The molecule has 1 aromatic carbocycles. The van der Waals surface area contributed by atoms with Crippen LogP contribution in [0, 0.1) is 5.92 Å². The number of imidazole rings is 1. The zero-order valence-electron chi connectivity index (χ0n) is 10.4. The van der Waals surface area contributed by atoms with Gasteiger partial charge in [0, 0.05) is 6.04 Å². The van der Waals surface area contributed by atoms with E-state index in [2.05, 4.69) is 25.8 Å². The Morgan fingerprint density at radius 3 is 2.71 bits per heavy atom. The number of nitrogens with zero attached hydrogens (tertiary/aromatic N) is 2. The van der Waals surface area contributed by atoms with Crippen LogP contribution in [-0.2, 0) is 0 Å². The van der Waals surface area contributed by atoms with E-state index in [1.165, 1.54) is 0 Å². The van der Waals surface area contributed by atoms with Crippen LogP contribution in [0.5, 0.6) is 0 Å². The Morgan fingerprint density at radius 2 is 2.06 bits per heavy atom. The Kier molecular flexibility index (Phi) is 3.29. The number of hydrogen-bond donors (Lipinski definition) is 1. The second-order valence-corrected chi connectivity index (χ2v) is 5.33. The quantitative estimate of drug-likeness (QED) is 0.900. The molecule has 0 aliphatic carbocycles. The van der Waals surface area contributed by atoms with E-state index in [0.29, 0.717) is 22.9 Å². The summed E-state index contributed by atoms with van der Waals surface area (Å²) in [5.41, 5.74) is 7.80. The van der Waals surface area contributed by atoms with E-state index in [-0.39, 0.29) is 0 Å². The lowest BCUT2D eigenvalue weighted by atomic mass is 10.1. The minimum atomic E-state index is 0.305. The molecule has 2 aromatic rings. The van der Waals surface area contributed by atoms with Gasteiger partial charge < -0.3 is 10.3 Å². The number of anilines is 1. The molecule has 1 heterocycles. The molecule has 1 aromatic heterocycles. The van der Waals surface area contributed by atoms with Crippen molar-refractivity contribution in [1.29, 1.82) is 0 Å². The molecule has 0 aliphatic rings. The predicted molar refractivity (Wildman–Crippen MR) is 73.3 cm³/mol. The maximum absolute atomic E-state index is 6.24. The summed E-state index contributed by atoms with van der Waals surface area (Å²) in [6, 6.07) is 6.02. The van der Waals surface area contributed by atoms with Gasteiger partial charge in [-0.1, -0.05) is 31.5 Å². The summed E-state index contributed by atoms with van der Waals surface area (Å²) in [4.78, 5) is 4.36. The van der Waals surface area contributed by atoms with E-state index >= 15 is 0 Å². The molecular weight excluding hydrogens is 234 g/mol. The Bertz CT molecular complexity index is 531. The first-order chi connectivity index (χ1) is 8.00. The van der Waals surface area contributed by atoms with Crippen molar-refractivity contribution in [2.75, 3.05) is 5.73 Å². The van der Waals surface area contributed by atoms with E-state index in [9.17, 15) is 0 Å². The number of para-hydroxylation sites is 1. The van der Waals surface area contributed by atoms with E-state index in [1.54, 1.807) is 0 Å². The number of fused-ring (bicyclic) bond motifs is 1. The van der Waals surface area contributed by atoms with E-state index < -0.39 is 0 Å². The van der Waals surface area contributed by atoms with Gasteiger partial charge in [0.1, 0.15) is 0 Å². The lowest BCUT2D eigenvalue weighted by Crippen LogP contribution is -2.11. The molecule has 17 heavy (non-hydrogen) atoms. The number of benzene rings is 1. The molecule has 1 atom stereocenters. The molecule has 0 saturated heterocycles. The first-order valence-electron chi connectivity index (χ1n) is 5.92. The number of halogens is 1. The molecule has 0 saturated carbocycles. The topological polar surface area (TPSA) is 43.8 Å². The lowest BCUT2D eigenvalue weighted by molar-refractivity contribution is 0.439. The summed E-state index contributed by atoms with van der Waals surface area (Å²) in [5.74, 6) is 1.16. The highest BCUT2D eigenvalue weighted by atomic mass is 35.5. The van der Waals surface area contributed by atoms with Gasteiger partial charge in [-0.05, 0) is 31.4 Å². The van der Waals surface area contributed by atoms with Gasteiger partial charge in [-0.3, -0.25) is 0 Å². The number of nitrogen functional groups attached to an aromatic ring is 1. The van der Waals surface area contributed by atoms with Crippen molar-refractivity contribution in [3.05, 3.63) is 23.2 Å². The number of hydrogen-bond acceptors (Lipinski definition) is 2. The van der Waals surface area contributed by atoms with Crippen molar-refractivity contribution in [2.45, 2.75) is 33.2 Å². The SMILES string of the molecule is CC(C)CC(C)n1c(N)nc2cccc(Cl)c21. The van der Waals surface area contributed by atoms with Gasteiger partial charge in [0.05, 0.1) is 16.1 Å². The Balaban J connectivity index is 2.56. The first-order valence-corrected chi connectivity index (χ1v) is 6.30. The standard InChI is InChI=1S/C13H18ClN3/c1-8(2)7-9(3)17-12-10(14)5-4-6-11(12)16-13(17)15/h4-6,8-9H,7H2,1-3H3,(H2,15,16). The molecular formula is C13H18ClN3. The maximum atomic E-state index is 6.24. The minimum Gasteiger partial charge on any atom is -0.369 e. The minimum absolute atomic E-state index is 0.305. The molecule has 0 spiro atoms. The molecule has 2 rings (SSSR count). The van der Waals surface area contributed by atoms with Crippen molar-refractivity contribution in [1.82, 2.24) is 9.55 Å². The van der Waals surface area contributed by atoms with E-state index in [1.807, 2.05) is 22.8 Å². The normalized spacial score (nSPS) is 13.5. The third-order valence-corrected chi connectivity index (χ3v) is 3.25. The second kappa shape index (κ2) is 4.57. The summed E-state index contributed by atoms with van der Waals surface area (Å²) in [5, 5.41) is 0.710. The van der Waals surface area contributed by atoms with Gasteiger partial charge in [-0.25, -0.2) is 4.98 Å². The summed E-state index contributed by atoms with van der Waals surface area (Å²) >= 11 is 6.24. The van der Waals surface area contributed by atoms with Crippen molar-refractivity contribution >= 4 is 28.6 Å². The van der Waals surface area contributed by atoms with Gasteiger partial charge >= 0.3 is 0 Å². The van der Waals surface area contributed by atoms with Crippen molar-refractivity contribution in [3.8, 4) is 0 Å². The van der Waals surface area contributed by atoms with Gasteiger partial charge in [0.15, 0.2) is 0 Å². The van der Waals surface area contributed by atoms with Crippen LogP contribution in [-0.4, -0.2) is 9.55 Å². The predicted octanol–water partition coefficient (Wildman–Crippen LogP) is 3.88. The Morgan fingerprint density at radius 1 is 1.35 bits per heavy atom. The van der Waals surface area contributed by atoms with Crippen LogP contribution in [0.1, 0.15) is 33.2 Å². The number of aromatic nitrogens is 2. The Hall–Kier alpha value is -1.22. The highest BCUT2D eigenvalue weighted by Gasteiger charge is 2.16. The van der Waals surface area contributed by atoms with Crippen LogP contribution < -0.4 is 5.73 Å². The van der Waals surface area contributed by atoms with E-state index in [0.717, 1.165) is 17.5 Å². The van der Waals surface area contributed by atoms with E-state index in [4.69, 9.17) is 17.3 Å². The summed E-state index contributed by atoms with van der Waals surface area (Å²) in [6.45, 7) is 6.56. The van der Waals surface area contributed by atoms with Crippen LogP contribution in [0.3, 0.4) is 0 Å². The molecule has 0 bridgehead atoms. The fraction of sp³-hybridized carbons (Fsp3) is 0.462. The molecule has 2 N–H and O–H groups in total. The van der Waals surface area contributed by atoms with Gasteiger partial charge in [0.2, 0.25) is 5.95 Å². The zero-order valence-corrected chi connectivity index (χ0v) is 11.2. The molecule has 0 fully saturated rings. The first kappa shape index (κ1) is 12.2. The summed E-state index contributed by atoms with van der Waals surface area (Å²) in [7, 11) is 0. The molecule has 0 amide bonds. The molecule has 92 valence electrons. The van der Waals surface area contributed by atoms with Crippen LogP contribution in [0.25, 0.3) is 11.0 Å². The van der Waals surface area contributed by atoms with Crippen LogP contribution >= 0.6 is 11.6 Å². The third kappa shape index (κ3) is 2.25. The zero-order chi connectivity index (χ0) is 12.6. The van der Waals surface area contributed by atoms with Crippen molar-refractivity contribution in [3.63, 3.8) is 0 Å². The highest BCUT2D eigenvalue weighted by Crippen LogP contribution is 2.30. The van der Waals surface area contributed by atoms with Gasteiger partial charge in [0.25, 0.3) is 0 Å². The summed E-state index contributed by atoms with van der Waals surface area (Å²) in [6.07, 6.45) is 1.06. The average Bonchev–Trinajstić information content (AvgIpc) is 2.54. The van der Waals surface area contributed by atoms with Crippen LogP contribution in [0.2, 0.25) is 5.02 Å². The fourth-order valence-electron chi connectivity index (χ4n) is 2.36. The molecule has 4 heteroatoms. The van der Waals surface area contributed by atoms with Crippen LogP contribution in [0.15, 0.2) is 18.2 Å². The van der Waals surface area contributed by atoms with Gasteiger partial charge in [-0.2, -0.15) is 0 Å². The van der Waals surface area contributed by atoms with Crippen molar-refractivity contribution in [2.24, 2.45) is 5.92 Å².